The lowest BCUT2D eigenvalue weighted by Gasteiger charge is -2.25. The Morgan fingerprint density at radius 2 is 2.35 bits per heavy atom. The van der Waals surface area contributed by atoms with Crippen LogP contribution in [0.3, 0.4) is 0 Å². The molecule has 134 valence electrons. The van der Waals surface area contributed by atoms with Crippen LogP contribution in [0.2, 0.25) is 0 Å². The molecule has 4 rings (SSSR count). The smallest absolute Gasteiger partial charge is 0.226 e. The zero-order chi connectivity index (χ0) is 17.9. The monoisotopic (exact) mass is 366 g/mol. The minimum atomic E-state index is 0.0262. The third kappa shape index (κ3) is 3.70. The van der Waals surface area contributed by atoms with Crippen LogP contribution in [0.4, 0.5) is 0 Å². The predicted octanol–water partition coefficient (Wildman–Crippen LogP) is 3.55. The number of imidazole rings is 1. The van der Waals surface area contributed by atoms with Crippen molar-refractivity contribution in [2.75, 3.05) is 6.54 Å². The van der Waals surface area contributed by atoms with E-state index in [1.807, 2.05) is 23.8 Å². The summed E-state index contributed by atoms with van der Waals surface area (Å²) >= 11 is 1.59. The Labute approximate surface area is 157 Å². The van der Waals surface area contributed by atoms with Gasteiger partial charge in [-0.3, -0.25) is 4.79 Å². The van der Waals surface area contributed by atoms with Gasteiger partial charge in [-0.05, 0) is 25.8 Å². The second kappa shape index (κ2) is 7.41. The van der Waals surface area contributed by atoms with E-state index in [1.54, 1.807) is 11.3 Å². The first-order chi connectivity index (χ1) is 12.7. The van der Waals surface area contributed by atoms with Gasteiger partial charge in [-0.15, -0.1) is 11.3 Å². The highest BCUT2D eigenvalue weighted by molar-refractivity contribution is 7.13. The molecule has 1 amide bonds. The Bertz CT molecular complexity index is 914. The van der Waals surface area contributed by atoms with E-state index in [1.165, 1.54) is 5.56 Å². The van der Waals surface area contributed by atoms with Crippen molar-refractivity contribution in [3.8, 4) is 10.6 Å². The molecule has 0 saturated carbocycles. The Morgan fingerprint density at radius 3 is 3.23 bits per heavy atom. The fraction of sp³-hybridized carbons (Fsp3) is 0.350. The summed E-state index contributed by atoms with van der Waals surface area (Å²) in [6, 6.07) is 8.59. The minimum Gasteiger partial charge on any atom is -0.354 e. The summed E-state index contributed by atoms with van der Waals surface area (Å²) in [5.74, 6) is 1.15. The SMILES string of the molecule is Cc1cccc(-c2nc(CC(=O)NCC3CCCc4nccn43)cs2)c1. The molecule has 26 heavy (non-hydrogen) atoms. The van der Waals surface area contributed by atoms with Crippen LogP contribution in [0, 0.1) is 6.92 Å². The van der Waals surface area contributed by atoms with E-state index in [0.29, 0.717) is 19.0 Å². The maximum absolute atomic E-state index is 12.3. The number of nitrogens with one attached hydrogen (secondary N) is 1. The Morgan fingerprint density at radius 1 is 1.42 bits per heavy atom. The van der Waals surface area contributed by atoms with Gasteiger partial charge in [-0.2, -0.15) is 0 Å². The van der Waals surface area contributed by atoms with Crippen molar-refractivity contribution in [2.45, 2.75) is 38.6 Å². The van der Waals surface area contributed by atoms with Crippen LogP contribution in [-0.4, -0.2) is 27.0 Å². The van der Waals surface area contributed by atoms with E-state index in [-0.39, 0.29) is 5.91 Å². The highest BCUT2D eigenvalue weighted by atomic mass is 32.1. The average molecular weight is 366 g/mol. The van der Waals surface area contributed by atoms with Crippen LogP contribution < -0.4 is 5.32 Å². The number of aromatic nitrogens is 3. The summed E-state index contributed by atoms with van der Waals surface area (Å²) in [7, 11) is 0. The van der Waals surface area contributed by atoms with Crippen molar-refractivity contribution in [1.82, 2.24) is 19.9 Å². The summed E-state index contributed by atoms with van der Waals surface area (Å²) < 4.78 is 2.20. The van der Waals surface area contributed by atoms with Crippen molar-refractivity contribution >= 4 is 17.2 Å². The van der Waals surface area contributed by atoms with Gasteiger partial charge < -0.3 is 9.88 Å². The first-order valence-corrected chi connectivity index (χ1v) is 9.87. The van der Waals surface area contributed by atoms with Gasteiger partial charge in [0, 0.05) is 36.3 Å². The lowest BCUT2D eigenvalue weighted by Crippen LogP contribution is -2.33. The van der Waals surface area contributed by atoms with Gasteiger partial charge in [-0.25, -0.2) is 9.97 Å². The van der Waals surface area contributed by atoms with Crippen LogP contribution in [-0.2, 0) is 17.6 Å². The molecular weight excluding hydrogens is 344 g/mol. The molecule has 0 bridgehead atoms. The molecule has 0 spiro atoms. The largest absolute Gasteiger partial charge is 0.354 e. The van der Waals surface area contributed by atoms with Crippen molar-refractivity contribution in [3.05, 3.63) is 59.1 Å². The number of carbonyl (C=O) groups is 1. The van der Waals surface area contributed by atoms with Crippen molar-refractivity contribution < 1.29 is 4.79 Å². The van der Waals surface area contributed by atoms with Crippen LogP contribution in [0.1, 0.15) is 36.0 Å². The van der Waals surface area contributed by atoms with Gasteiger partial charge in [0.2, 0.25) is 5.91 Å². The maximum Gasteiger partial charge on any atom is 0.226 e. The number of fused-ring (bicyclic) bond motifs is 1. The van der Waals surface area contributed by atoms with E-state index in [4.69, 9.17) is 0 Å². The second-order valence-corrected chi connectivity index (χ2v) is 7.65. The van der Waals surface area contributed by atoms with Gasteiger partial charge >= 0.3 is 0 Å². The molecule has 0 fully saturated rings. The maximum atomic E-state index is 12.3. The fourth-order valence-corrected chi connectivity index (χ4v) is 4.28. The molecule has 0 aliphatic carbocycles. The van der Waals surface area contributed by atoms with E-state index in [0.717, 1.165) is 41.4 Å². The zero-order valence-electron chi connectivity index (χ0n) is 14.8. The van der Waals surface area contributed by atoms with E-state index in [9.17, 15) is 4.79 Å². The molecule has 6 heteroatoms. The molecule has 2 aromatic heterocycles. The first kappa shape index (κ1) is 17.0. The van der Waals surface area contributed by atoms with Gasteiger partial charge in [0.05, 0.1) is 18.2 Å². The zero-order valence-corrected chi connectivity index (χ0v) is 15.6. The van der Waals surface area contributed by atoms with Crippen LogP contribution >= 0.6 is 11.3 Å². The summed E-state index contributed by atoms with van der Waals surface area (Å²) in [6.45, 7) is 2.72. The summed E-state index contributed by atoms with van der Waals surface area (Å²) in [5, 5.41) is 6.01. The van der Waals surface area contributed by atoms with Crippen LogP contribution in [0.15, 0.2) is 42.0 Å². The molecule has 1 aliphatic heterocycles. The number of aryl methyl sites for hydroxylation is 2. The average Bonchev–Trinajstić information content (AvgIpc) is 3.29. The highest BCUT2D eigenvalue weighted by Crippen LogP contribution is 2.25. The Kier molecular flexibility index (Phi) is 4.84. The summed E-state index contributed by atoms with van der Waals surface area (Å²) in [6.07, 6.45) is 7.42. The number of hydrogen-bond donors (Lipinski definition) is 1. The summed E-state index contributed by atoms with van der Waals surface area (Å²) in [5.41, 5.74) is 3.15. The van der Waals surface area contributed by atoms with Crippen LogP contribution in [0.25, 0.3) is 10.6 Å². The first-order valence-electron chi connectivity index (χ1n) is 8.99. The standard InChI is InChI=1S/C20H22N4OS/c1-14-4-2-5-15(10-14)20-23-16(13-26-20)11-19(25)22-12-17-6-3-7-18-21-8-9-24(17)18/h2,4-5,8-10,13,17H,3,6-7,11-12H2,1H3,(H,22,25). The minimum absolute atomic E-state index is 0.0262. The van der Waals surface area contributed by atoms with Crippen LogP contribution in [0.5, 0.6) is 0 Å². The van der Waals surface area contributed by atoms with Gasteiger partial charge in [-0.1, -0.05) is 23.8 Å². The molecular formula is C20H22N4OS. The lowest BCUT2D eigenvalue weighted by molar-refractivity contribution is -0.120. The molecule has 1 unspecified atom stereocenters. The second-order valence-electron chi connectivity index (χ2n) is 6.79. The molecule has 0 saturated heterocycles. The van der Waals surface area contributed by atoms with Gasteiger partial charge in [0.1, 0.15) is 10.8 Å². The molecule has 1 atom stereocenters. The normalized spacial score (nSPS) is 16.3. The predicted molar refractivity (Wildman–Crippen MR) is 103 cm³/mol. The van der Waals surface area contributed by atoms with Crippen molar-refractivity contribution in [1.29, 1.82) is 0 Å². The number of benzene rings is 1. The van der Waals surface area contributed by atoms with E-state index >= 15 is 0 Å². The molecule has 5 nitrogen and oxygen atoms in total. The topological polar surface area (TPSA) is 59.8 Å². The van der Waals surface area contributed by atoms with Crippen molar-refractivity contribution in [3.63, 3.8) is 0 Å². The van der Waals surface area contributed by atoms with Crippen molar-refractivity contribution in [2.24, 2.45) is 0 Å². The van der Waals surface area contributed by atoms with E-state index < -0.39 is 0 Å². The third-order valence-electron chi connectivity index (χ3n) is 4.77. The Hall–Kier alpha value is -2.47. The molecule has 0 radical (unpaired) electrons. The molecule has 1 aromatic carbocycles. The summed E-state index contributed by atoms with van der Waals surface area (Å²) in [4.78, 5) is 21.3. The fourth-order valence-electron chi connectivity index (χ4n) is 3.46. The molecule has 1 aliphatic rings. The van der Waals surface area contributed by atoms with Gasteiger partial charge in [0.15, 0.2) is 0 Å². The molecule has 3 heterocycles. The number of thiazole rings is 1. The number of carbonyl (C=O) groups excluding carboxylic acids is 1. The Balaban J connectivity index is 1.35. The molecule has 3 aromatic rings. The molecule has 1 N–H and O–H groups in total. The number of nitrogens with zero attached hydrogens (tertiary/aromatic N) is 3. The number of hydrogen-bond acceptors (Lipinski definition) is 4. The number of amides is 1. The quantitative estimate of drug-likeness (QED) is 0.751. The van der Waals surface area contributed by atoms with Gasteiger partial charge in [0.25, 0.3) is 0 Å². The highest BCUT2D eigenvalue weighted by Gasteiger charge is 2.20. The lowest BCUT2D eigenvalue weighted by atomic mass is 10.0. The third-order valence-corrected chi connectivity index (χ3v) is 5.71. The number of rotatable bonds is 5. The van der Waals surface area contributed by atoms with E-state index in [2.05, 4.69) is 45.0 Å².